The lowest BCUT2D eigenvalue weighted by Crippen LogP contribution is -2.39. The van der Waals surface area contributed by atoms with Gasteiger partial charge in [0, 0.05) is 26.3 Å². The molecule has 2 aromatic rings. The van der Waals surface area contributed by atoms with Crippen molar-refractivity contribution in [3.8, 4) is 0 Å². The van der Waals surface area contributed by atoms with Crippen LogP contribution in [0.2, 0.25) is 5.02 Å². The SMILES string of the molecule is Cc1cccc(CN2CCCC2C(=O)Nc2ccc(C(=O)N(C)C)c(Cl)c2)c1. The van der Waals surface area contributed by atoms with Crippen molar-refractivity contribution in [2.75, 3.05) is 26.0 Å². The number of nitrogens with zero attached hydrogens (tertiary/aromatic N) is 2. The molecule has 3 rings (SSSR count). The summed E-state index contributed by atoms with van der Waals surface area (Å²) in [6, 6.07) is 13.2. The highest BCUT2D eigenvalue weighted by Crippen LogP contribution is 2.25. The number of hydrogen-bond acceptors (Lipinski definition) is 3. The smallest absolute Gasteiger partial charge is 0.254 e. The van der Waals surface area contributed by atoms with Gasteiger partial charge in [0.25, 0.3) is 5.91 Å². The van der Waals surface area contributed by atoms with Crippen molar-refractivity contribution < 1.29 is 9.59 Å². The number of benzene rings is 2. The lowest BCUT2D eigenvalue weighted by atomic mass is 10.1. The van der Waals surface area contributed by atoms with Crippen LogP contribution in [0, 0.1) is 6.92 Å². The van der Waals surface area contributed by atoms with Gasteiger partial charge in [-0.05, 0) is 50.1 Å². The molecular formula is C22H26ClN3O2. The Morgan fingerprint density at radius 1 is 1.21 bits per heavy atom. The van der Waals surface area contributed by atoms with Gasteiger partial charge in [0.05, 0.1) is 16.6 Å². The van der Waals surface area contributed by atoms with Crippen LogP contribution < -0.4 is 5.32 Å². The van der Waals surface area contributed by atoms with Gasteiger partial charge in [0.2, 0.25) is 5.91 Å². The largest absolute Gasteiger partial charge is 0.345 e. The van der Waals surface area contributed by atoms with E-state index in [9.17, 15) is 9.59 Å². The van der Waals surface area contributed by atoms with Crippen LogP contribution in [-0.4, -0.2) is 48.3 Å². The maximum Gasteiger partial charge on any atom is 0.254 e. The van der Waals surface area contributed by atoms with Crippen molar-refractivity contribution in [1.29, 1.82) is 0 Å². The van der Waals surface area contributed by atoms with E-state index in [1.165, 1.54) is 16.0 Å². The number of halogens is 1. The van der Waals surface area contributed by atoms with Gasteiger partial charge in [-0.15, -0.1) is 0 Å². The number of aryl methyl sites for hydroxylation is 1. The minimum Gasteiger partial charge on any atom is -0.345 e. The fourth-order valence-electron chi connectivity index (χ4n) is 3.59. The molecule has 0 saturated carbocycles. The average Bonchev–Trinajstić information content (AvgIpc) is 3.09. The maximum absolute atomic E-state index is 12.8. The summed E-state index contributed by atoms with van der Waals surface area (Å²) in [4.78, 5) is 28.6. The van der Waals surface area contributed by atoms with Gasteiger partial charge in [0.1, 0.15) is 0 Å². The molecule has 0 aromatic heterocycles. The summed E-state index contributed by atoms with van der Waals surface area (Å²) >= 11 is 6.25. The summed E-state index contributed by atoms with van der Waals surface area (Å²) in [6.07, 6.45) is 1.84. The third-order valence-corrected chi connectivity index (χ3v) is 5.32. The van der Waals surface area contributed by atoms with E-state index in [2.05, 4.69) is 35.3 Å². The molecule has 1 aliphatic heterocycles. The van der Waals surface area contributed by atoms with Crippen molar-refractivity contribution in [3.63, 3.8) is 0 Å². The van der Waals surface area contributed by atoms with Crippen LogP contribution in [0.5, 0.6) is 0 Å². The van der Waals surface area contributed by atoms with Crippen LogP contribution >= 0.6 is 11.6 Å². The molecular weight excluding hydrogens is 374 g/mol. The Labute approximate surface area is 171 Å². The first-order valence-corrected chi connectivity index (χ1v) is 9.84. The Morgan fingerprint density at radius 3 is 2.68 bits per heavy atom. The fraction of sp³-hybridized carbons (Fsp3) is 0.364. The Bertz CT molecular complexity index is 882. The van der Waals surface area contributed by atoms with Gasteiger partial charge in [-0.3, -0.25) is 14.5 Å². The van der Waals surface area contributed by atoms with E-state index in [1.807, 2.05) is 6.07 Å². The number of nitrogens with one attached hydrogen (secondary N) is 1. The highest BCUT2D eigenvalue weighted by Gasteiger charge is 2.30. The van der Waals surface area contributed by atoms with E-state index in [-0.39, 0.29) is 17.9 Å². The Balaban J connectivity index is 1.68. The molecule has 0 spiro atoms. The molecule has 148 valence electrons. The van der Waals surface area contributed by atoms with E-state index in [0.29, 0.717) is 16.3 Å². The van der Waals surface area contributed by atoms with Crippen LogP contribution in [-0.2, 0) is 11.3 Å². The first-order chi connectivity index (χ1) is 13.3. The van der Waals surface area contributed by atoms with Gasteiger partial charge in [-0.25, -0.2) is 0 Å². The number of rotatable bonds is 5. The fourth-order valence-corrected chi connectivity index (χ4v) is 3.85. The highest BCUT2D eigenvalue weighted by molar-refractivity contribution is 6.34. The quantitative estimate of drug-likeness (QED) is 0.828. The number of carbonyl (C=O) groups excluding carboxylic acids is 2. The number of likely N-dealkylation sites (tertiary alicyclic amines) is 1. The summed E-state index contributed by atoms with van der Waals surface area (Å²) in [5, 5.41) is 3.29. The summed E-state index contributed by atoms with van der Waals surface area (Å²) in [5.41, 5.74) is 3.47. The Hall–Kier alpha value is -2.37. The normalized spacial score (nSPS) is 16.8. The molecule has 0 aliphatic carbocycles. The van der Waals surface area contributed by atoms with Gasteiger partial charge >= 0.3 is 0 Å². The Kier molecular flexibility index (Phi) is 6.37. The monoisotopic (exact) mass is 399 g/mol. The zero-order valence-electron chi connectivity index (χ0n) is 16.5. The summed E-state index contributed by atoms with van der Waals surface area (Å²) in [5.74, 6) is -0.198. The highest BCUT2D eigenvalue weighted by atomic mass is 35.5. The van der Waals surface area contributed by atoms with Crippen molar-refractivity contribution in [1.82, 2.24) is 9.80 Å². The maximum atomic E-state index is 12.8. The molecule has 0 radical (unpaired) electrons. The van der Waals surface area contributed by atoms with Crippen LogP contribution in [0.4, 0.5) is 5.69 Å². The summed E-state index contributed by atoms with van der Waals surface area (Å²) in [6.45, 7) is 3.74. The molecule has 2 aromatic carbocycles. The number of anilines is 1. The minimum atomic E-state index is -0.164. The number of hydrogen-bond donors (Lipinski definition) is 1. The molecule has 5 nitrogen and oxygen atoms in total. The van der Waals surface area contributed by atoms with Crippen LogP contribution in [0.15, 0.2) is 42.5 Å². The molecule has 2 amide bonds. The number of amides is 2. The predicted molar refractivity (Wildman–Crippen MR) is 113 cm³/mol. The standard InChI is InChI=1S/C22H26ClN3O2/c1-15-6-4-7-16(12-15)14-26-11-5-8-20(26)21(27)24-17-9-10-18(19(23)13-17)22(28)25(2)3/h4,6-7,9-10,12-13,20H,5,8,11,14H2,1-3H3,(H,24,27). The van der Waals surface area contributed by atoms with Gasteiger partial charge in [-0.2, -0.15) is 0 Å². The topological polar surface area (TPSA) is 52.7 Å². The molecule has 1 N–H and O–H groups in total. The molecule has 1 heterocycles. The van der Waals surface area contributed by atoms with Gasteiger partial charge < -0.3 is 10.2 Å². The second-order valence-electron chi connectivity index (χ2n) is 7.50. The lowest BCUT2D eigenvalue weighted by molar-refractivity contribution is -0.120. The van der Waals surface area contributed by atoms with Crippen molar-refractivity contribution in [3.05, 3.63) is 64.2 Å². The first-order valence-electron chi connectivity index (χ1n) is 9.47. The van der Waals surface area contributed by atoms with E-state index in [1.54, 1.807) is 32.3 Å². The van der Waals surface area contributed by atoms with Crippen molar-refractivity contribution >= 4 is 29.1 Å². The van der Waals surface area contributed by atoms with E-state index >= 15 is 0 Å². The van der Waals surface area contributed by atoms with Gasteiger partial charge in [0.15, 0.2) is 0 Å². The molecule has 1 fully saturated rings. The molecule has 1 unspecified atom stereocenters. The minimum absolute atomic E-state index is 0.0343. The second-order valence-corrected chi connectivity index (χ2v) is 7.91. The Morgan fingerprint density at radius 2 is 2.00 bits per heavy atom. The lowest BCUT2D eigenvalue weighted by Gasteiger charge is -2.24. The molecule has 0 bridgehead atoms. The third kappa shape index (κ3) is 4.72. The first kappa shape index (κ1) is 20.4. The van der Waals surface area contributed by atoms with Crippen LogP contribution in [0.3, 0.4) is 0 Å². The molecule has 6 heteroatoms. The summed E-state index contributed by atoms with van der Waals surface area (Å²) < 4.78 is 0. The van der Waals surface area contributed by atoms with E-state index in [4.69, 9.17) is 11.6 Å². The number of carbonyl (C=O) groups is 2. The van der Waals surface area contributed by atoms with Crippen LogP contribution in [0.25, 0.3) is 0 Å². The van der Waals surface area contributed by atoms with Crippen LogP contribution in [0.1, 0.15) is 34.3 Å². The average molecular weight is 400 g/mol. The molecule has 1 saturated heterocycles. The van der Waals surface area contributed by atoms with E-state index in [0.717, 1.165) is 25.9 Å². The summed E-state index contributed by atoms with van der Waals surface area (Å²) in [7, 11) is 3.36. The molecule has 28 heavy (non-hydrogen) atoms. The van der Waals surface area contributed by atoms with Gasteiger partial charge in [-0.1, -0.05) is 41.4 Å². The zero-order chi connectivity index (χ0) is 20.3. The molecule has 1 atom stereocenters. The van der Waals surface area contributed by atoms with Crippen molar-refractivity contribution in [2.24, 2.45) is 0 Å². The van der Waals surface area contributed by atoms with Crippen molar-refractivity contribution in [2.45, 2.75) is 32.4 Å². The second kappa shape index (κ2) is 8.76. The molecule has 1 aliphatic rings. The third-order valence-electron chi connectivity index (χ3n) is 5.01. The predicted octanol–water partition coefficient (Wildman–Crippen LogP) is 3.95. The zero-order valence-corrected chi connectivity index (χ0v) is 17.3. The van der Waals surface area contributed by atoms with E-state index < -0.39 is 0 Å².